The molecule has 0 nitrogen and oxygen atoms in total. The molecule has 0 heterocycles. The maximum absolute atomic E-state index is 12.0. The summed E-state index contributed by atoms with van der Waals surface area (Å²) in [5.74, 6) is -10.0. The van der Waals surface area contributed by atoms with E-state index in [1.54, 1.807) is 0 Å². The molecule has 0 saturated heterocycles. The summed E-state index contributed by atoms with van der Waals surface area (Å²) >= 11 is 0. The number of halogens is 5. The normalized spacial score (nSPS) is 9.42. The molecule has 0 radical (unpaired) electrons. The van der Waals surface area contributed by atoms with Crippen molar-refractivity contribution in [2.75, 3.05) is 0 Å². The quantitative estimate of drug-likeness (QED) is 0.211. The van der Waals surface area contributed by atoms with Crippen molar-refractivity contribution in [3.63, 3.8) is 0 Å². The molecule has 0 aromatic heterocycles. The maximum atomic E-state index is 12.0. The standard InChI is InChI=1S/C6F5.Zn/c7-2-1-3(8)5(10)6(11)4(2)9;/q-1;. The van der Waals surface area contributed by atoms with Gasteiger partial charge in [-0.15, -0.1) is 6.07 Å². The van der Waals surface area contributed by atoms with Crippen LogP contribution >= 0.6 is 0 Å². The summed E-state index contributed by atoms with van der Waals surface area (Å²) < 4.78 is 59.9. The van der Waals surface area contributed by atoms with Crippen molar-refractivity contribution in [3.05, 3.63) is 35.2 Å². The van der Waals surface area contributed by atoms with Crippen LogP contribution in [0.5, 0.6) is 0 Å². The molecule has 0 aliphatic rings. The van der Waals surface area contributed by atoms with Gasteiger partial charge in [0.05, 0.1) is 29.1 Å². The molecule has 12 heavy (non-hydrogen) atoms. The summed E-state index contributed by atoms with van der Waals surface area (Å²) in [7, 11) is 0. The minimum atomic E-state index is -2.17. The fraction of sp³-hybridized carbons (Fsp3) is 0. The number of hydrogen-bond acceptors (Lipinski definition) is 0. The second kappa shape index (κ2) is 3.94. The molecule has 0 N–H and O–H groups in total. The average Bonchev–Trinajstić information content (AvgIpc) is 1.97. The van der Waals surface area contributed by atoms with Gasteiger partial charge in [-0.1, -0.05) is 0 Å². The van der Waals surface area contributed by atoms with E-state index in [1.165, 1.54) is 0 Å². The van der Waals surface area contributed by atoms with Gasteiger partial charge in [-0.3, -0.25) is 8.78 Å². The van der Waals surface area contributed by atoms with Crippen LogP contribution in [0, 0.1) is 35.2 Å². The fourth-order valence-corrected chi connectivity index (χ4v) is 0.495. The Labute approximate surface area is 77.1 Å². The van der Waals surface area contributed by atoms with Crippen molar-refractivity contribution >= 4 is 0 Å². The van der Waals surface area contributed by atoms with Gasteiger partial charge in [-0.25, -0.2) is 13.2 Å². The zero-order valence-corrected chi connectivity index (χ0v) is 8.56. The van der Waals surface area contributed by atoms with Gasteiger partial charge in [-0.05, 0) is 0 Å². The summed E-state index contributed by atoms with van der Waals surface area (Å²) in [4.78, 5) is 0. The summed E-state index contributed by atoms with van der Waals surface area (Å²) in [6.45, 7) is 0. The zero-order valence-electron chi connectivity index (χ0n) is 5.60. The van der Waals surface area contributed by atoms with Crippen molar-refractivity contribution in [1.82, 2.24) is 0 Å². The van der Waals surface area contributed by atoms with Gasteiger partial charge in [0.1, 0.15) is 0 Å². The van der Waals surface area contributed by atoms with E-state index < -0.39 is 29.1 Å². The van der Waals surface area contributed by atoms with Gasteiger partial charge in [0.15, 0.2) is 0 Å². The molecule has 6 heteroatoms. The molecular weight excluding hydrogens is 232 g/mol. The molecule has 1 aromatic rings. The zero-order chi connectivity index (χ0) is 8.59. The molecule has 1 aromatic carbocycles. The van der Waals surface area contributed by atoms with E-state index in [-0.39, 0.29) is 19.5 Å². The summed E-state index contributed by atoms with van der Waals surface area (Å²) in [5.41, 5.74) is 0. The molecule has 0 aliphatic heterocycles. The van der Waals surface area contributed by atoms with Gasteiger partial charge in [0.2, 0.25) is 0 Å². The van der Waals surface area contributed by atoms with E-state index in [0.29, 0.717) is 0 Å². The van der Waals surface area contributed by atoms with Crippen LogP contribution in [-0.2, 0) is 19.5 Å². The van der Waals surface area contributed by atoms with Crippen molar-refractivity contribution in [3.8, 4) is 0 Å². The molecular formula is C6F5Zn-. The van der Waals surface area contributed by atoms with Crippen LogP contribution in [0.4, 0.5) is 22.0 Å². The van der Waals surface area contributed by atoms with E-state index in [0.717, 1.165) is 6.07 Å². The van der Waals surface area contributed by atoms with Crippen molar-refractivity contribution in [2.45, 2.75) is 0 Å². The van der Waals surface area contributed by atoms with Gasteiger partial charge in [-0.2, -0.15) is 0 Å². The predicted octanol–water partition coefficient (Wildman–Crippen LogP) is 2.18. The number of benzene rings is 1. The predicted molar refractivity (Wildman–Crippen MR) is 25.1 cm³/mol. The molecule has 1 rings (SSSR count). The first-order valence-electron chi connectivity index (χ1n) is 2.44. The molecule has 0 atom stereocenters. The van der Waals surface area contributed by atoms with Crippen LogP contribution in [0.2, 0.25) is 0 Å². The molecule has 0 amide bonds. The Morgan fingerprint density at radius 1 is 0.667 bits per heavy atom. The Hall–Kier alpha value is -0.507. The maximum Gasteiger partial charge on any atom is 0.0893 e. The Morgan fingerprint density at radius 2 is 1.00 bits per heavy atom. The first-order chi connectivity index (χ1) is 5.04. The van der Waals surface area contributed by atoms with E-state index in [2.05, 4.69) is 0 Å². The van der Waals surface area contributed by atoms with E-state index in [9.17, 15) is 22.0 Å². The van der Waals surface area contributed by atoms with Crippen LogP contribution in [-0.4, -0.2) is 0 Å². The largest absolute Gasteiger partial charge is 0.278 e. The summed E-state index contributed by atoms with van der Waals surface area (Å²) in [6.07, 6.45) is 0. The molecule has 0 bridgehead atoms. The third-order valence-electron chi connectivity index (χ3n) is 0.990. The molecule has 0 unspecified atom stereocenters. The topological polar surface area (TPSA) is 0 Å². The van der Waals surface area contributed by atoms with Crippen molar-refractivity contribution in [2.24, 2.45) is 0 Å². The van der Waals surface area contributed by atoms with Crippen LogP contribution < -0.4 is 0 Å². The second-order valence-corrected chi connectivity index (χ2v) is 1.69. The molecule has 62 valence electrons. The van der Waals surface area contributed by atoms with Crippen LogP contribution in [0.3, 0.4) is 0 Å². The van der Waals surface area contributed by atoms with Crippen LogP contribution in [0.25, 0.3) is 0 Å². The Kier molecular flexibility index (Phi) is 3.77. The van der Waals surface area contributed by atoms with Crippen LogP contribution in [0.15, 0.2) is 0 Å². The molecule has 0 aliphatic carbocycles. The van der Waals surface area contributed by atoms with Gasteiger partial charge < -0.3 is 0 Å². The van der Waals surface area contributed by atoms with Crippen LogP contribution in [0.1, 0.15) is 0 Å². The molecule has 0 spiro atoms. The summed E-state index contributed by atoms with van der Waals surface area (Å²) in [5, 5.41) is 0. The smallest absolute Gasteiger partial charge is 0.0893 e. The van der Waals surface area contributed by atoms with Crippen molar-refractivity contribution in [1.29, 1.82) is 0 Å². The fourth-order valence-electron chi connectivity index (χ4n) is 0.495. The minimum Gasteiger partial charge on any atom is -0.278 e. The number of rotatable bonds is 0. The van der Waals surface area contributed by atoms with E-state index >= 15 is 0 Å². The minimum absolute atomic E-state index is 0. The third kappa shape index (κ3) is 1.80. The summed E-state index contributed by atoms with van der Waals surface area (Å²) in [6, 6.07) is 1.02. The Morgan fingerprint density at radius 3 is 1.33 bits per heavy atom. The van der Waals surface area contributed by atoms with E-state index in [4.69, 9.17) is 0 Å². The number of hydrogen-bond donors (Lipinski definition) is 0. The average molecular weight is 232 g/mol. The van der Waals surface area contributed by atoms with Gasteiger partial charge in [0, 0.05) is 19.5 Å². The SMILES string of the molecule is Fc1[c-]c(F)c(F)c(F)c1F.[Zn]. The monoisotopic (exact) mass is 231 g/mol. The third-order valence-corrected chi connectivity index (χ3v) is 0.990. The molecule has 0 fully saturated rings. The molecule has 0 saturated carbocycles. The van der Waals surface area contributed by atoms with Gasteiger partial charge in [0.25, 0.3) is 0 Å². The van der Waals surface area contributed by atoms with Gasteiger partial charge >= 0.3 is 0 Å². The Bertz CT molecular complexity index is 272. The second-order valence-electron chi connectivity index (χ2n) is 1.69. The first-order valence-corrected chi connectivity index (χ1v) is 2.44. The first kappa shape index (κ1) is 11.5. The Balaban J connectivity index is 0.00000121. The van der Waals surface area contributed by atoms with E-state index in [1.807, 2.05) is 0 Å². The van der Waals surface area contributed by atoms with Crippen molar-refractivity contribution < 1.29 is 41.4 Å².